The van der Waals surface area contributed by atoms with E-state index < -0.39 is 31.7 Å². The van der Waals surface area contributed by atoms with Gasteiger partial charge >= 0.3 is 0 Å². The van der Waals surface area contributed by atoms with Gasteiger partial charge in [0.05, 0.1) is 24.7 Å². The van der Waals surface area contributed by atoms with Gasteiger partial charge in [-0.25, -0.2) is 0 Å². The molecular weight excluding hydrogens is 673 g/mol. The first-order valence-corrected chi connectivity index (χ1v) is 19.4. The smallest absolute Gasteiger partial charge is 0.264 e. The van der Waals surface area contributed by atoms with E-state index in [1.807, 2.05) is 54.6 Å². The summed E-state index contributed by atoms with van der Waals surface area (Å²) in [5.74, 6) is -0.0539. The van der Waals surface area contributed by atoms with Crippen LogP contribution < -0.4 is 9.47 Å². The van der Waals surface area contributed by atoms with Gasteiger partial charge in [-0.3, -0.25) is 9.11 Å². The molecule has 0 radical (unpaired) electrons. The fraction of sp³-hybridized carbons (Fsp3) is 0.150. The molecule has 0 aliphatic carbocycles. The van der Waals surface area contributed by atoms with Gasteiger partial charge in [0, 0.05) is 17.2 Å². The second-order valence-electron chi connectivity index (χ2n) is 12.2. The lowest BCUT2D eigenvalue weighted by Crippen LogP contribution is -2.10. The Kier molecular flexibility index (Phi) is 9.19. The Morgan fingerprint density at radius 1 is 0.420 bits per heavy atom. The lowest BCUT2D eigenvalue weighted by molar-refractivity contribution is 0.302. The molecule has 10 heteroatoms. The Labute approximate surface area is 290 Å². The predicted molar refractivity (Wildman–Crippen MR) is 200 cm³/mol. The van der Waals surface area contributed by atoms with Gasteiger partial charge in [0.2, 0.25) is 0 Å². The summed E-state index contributed by atoms with van der Waals surface area (Å²) in [6, 6.07) is 40.6. The van der Waals surface area contributed by atoms with Gasteiger partial charge in [-0.15, -0.1) is 0 Å². The number of hydrogen-bond donors (Lipinski definition) is 2. The highest BCUT2D eigenvalue weighted by Gasteiger charge is 2.21. The van der Waals surface area contributed by atoms with Crippen molar-refractivity contribution >= 4 is 63.3 Å². The van der Waals surface area contributed by atoms with Crippen LogP contribution in [0.3, 0.4) is 0 Å². The molecule has 0 heterocycles. The Bertz CT molecular complexity index is 2440. The van der Waals surface area contributed by atoms with Crippen molar-refractivity contribution in [3.05, 3.63) is 121 Å². The Balaban J connectivity index is 1.49. The van der Waals surface area contributed by atoms with Crippen molar-refractivity contribution in [1.29, 1.82) is 0 Å². The summed E-state index contributed by atoms with van der Waals surface area (Å²) in [7, 11) is -8.37. The molecule has 0 saturated carbocycles. The van der Waals surface area contributed by atoms with Crippen molar-refractivity contribution in [1.82, 2.24) is 0 Å². The van der Waals surface area contributed by atoms with Crippen molar-refractivity contribution in [3.8, 4) is 33.8 Å². The first-order chi connectivity index (χ1) is 24.1. The molecule has 0 aromatic heterocycles. The molecule has 2 N–H and O–H groups in total. The number of ether oxygens (including phenoxy) is 2. The normalized spacial score (nSPS) is 12.2. The maximum Gasteiger partial charge on any atom is 0.264 e. The number of fused-ring (bicyclic) bond motifs is 6. The zero-order valence-corrected chi connectivity index (χ0v) is 28.6. The van der Waals surface area contributed by atoms with E-state index in [9.17, 15) is 25.9 Å². The summed E-state index contributed by atoms with van der Waals surface area (Å²) in [5.41, 5.74) is 3.29. The first-order valence-electron chi connectivity index (χ1n) is 16.2. The topological polar surface area (TPSA) is 127 Å². The lowest BCUT2D eigenvalue weighted by Gasteiger charge is -2.21. The van der Waals surface area contributed by atoms with Crippen molar-refractivity contribution < 1.29 is 35.4 Å². The average molecular weight is 707 g/mol. The van der Waals surface area contributed by atoms with Crippen molar-refractivity contribution in [2.24, 2.45) is 0 Å². The maximum atomic E-state index is 11.5. The summed E-state index contributed by atoms with van der Waals surface area (Å²) >= 11 is 0. The third-order valence-corrected chi connectivity index (χ3v) is 10.4. The molecule has 7 aromatic rings. The van der Waals surface area contributed by atoms with Crippen LogP contribution in [0.4, 0.5) is 0 Å². The maximum absolute atomic E-state index is 11.5. The third kappa shape index (κ3) is 7.15. The van der Waals surface area contributed by atoms with Gasteiger partial charge in [-0.05, 0) is 85.3 Å². The zero-order chi connectivity index (χ0) is 34.9. The first kappa shape index (κ1) is 33.5. The van der Waals surface area contributed by atoms with Crippen LogP contribution in [0.5, 0.6) is 11.5 Å². The molecule has 0 saturated heterocycles. The van der Waals surface area contributed by atoms with Crippen molar-refractivity contribution in [2.75, 3.05) is 24.7 Å². The van der Waals surface area contributed by atoms with E-state index in [4.69, 9.17) is 9.47 Å². The highest BCUT2D eigenvalue weighted by molar-refractivity contribution is 7.86. The highest BCUT2D eigenvalue weighted by Crippen LogP contribution is 2.47. The number of hydrogen-bond acceptors (Lipinski definition) is 6. The Morgan fingerprint density at radius 2 is 0.780 bits per heavy atom. The average Bonchev–Trinajstić information content (AvgIpc) is 3.10. The van der Waals surface area contributed by atoms with Crippen LogP contribution in [0.2, 0.25) is 0 Å². The molecule has 0 bridgehead atoms. The molecule has 0 aliphatic heterocycles. The van der Waals surface area contributed by atoms with Crippen LogP contribution in [-0.4, -0.2) is 50.7 Å². The minimum absolute atomic E-state index is 0.00124. The van der Waals surface area contributed by atoms with E-state index in [1.165, 1.54) is 0 Å². The van der Waals surface area contributed by atoms with Gasteiger partial charge in [0.1, 0.15) is 11.5 Å². The summed E-state index contributed by atoms with van der Waals surface area (Å²) in [4.78, 5) is 0. The summed E-state index contributed by atoms with van der Waals surface area (Å²) in [6.07, 6.45) is 0.108. The van der Waals surface area contributed by atoms with Gasteiger partial charge in [0.25, 0.3) is 20.2 Å². The summed E-state index contributed by atoms with van der Waals surface area (Å²) < 4.78 is 77.3. The van der Waals surface area contributed by atoms with Crippen LogP contribution >= 0.6 is 0 Å². The minimum atomic E-state index is -4.18. The fourth-order valence-corrected chi connectivity index (χ4v) is 7.59. The van der Waals surface area contributed by atoms with Gasteiger partial charge in [0.15, 0.2) is 0 Å². The Hall–Kier alpha value is -5.00. The molecule has 8 nitrogen and oxygen atoms in total. The standard InChI is InChI=1S/C40H34O8S2/c41-49(42,43)21-9-19-47-39-26-40(48-20-10-22-50(44,45)46)38(36-24-28-12-2-4-14-30(28)32-16-6-8-18-34(32)36)25-37(39)35-23-27-11-1-3-13-29(27)31-15-5-7-17-33(31)35/h1-8,11-18,23-26H,9-10,19-22H2,(H,41,42,43)(H,44,45,46). The molecule has 0 fully saturated rings. The van der Waals surface area contributed by atoms with Gasteiger partial charge < -0.3 is 9.47 Å². The molecule has 7 aromatic carbocycles. The largest absolute Gasteiger partial charge is 0.493 e. The van der Waals surface area contributed by atoms with E-state index in [2.05, 4.69) is 60.7 Å². The van der Waals surface area contributed by atoms with E-state index in [0.29, 0.717) is 11.5 Å². The highest BCUT2D eigenvalue weighted by atomic mass is 32.2. The molecule has 0 spiro atoms. The zero-order valence-electron chi connectivity index (χ0n) is 27.0. The molecule has 0 atom stereocenters. The SMILES string of the molecule is O=S(=O)(O)CCCOc1cc(OCCCS(=O)(=O)O)c(-c2cc3ccccc3c3ccccc23)cc1-c1cc2ccccc2c2ccccc12. The van der Waals surface area contributed by atoms with Crippen LogP contribution in [0.1, 0.15) is 12.8 Å². The lowest BCUT2D eigenvalue weighted by atomic mass is 9.88. The quantitative estimate of drug-likeness (QED) is 0.0733. The van der Waals surface area contributed by atoms with Crippen LogP contribution in [0, 0.1) is 0 Å². The second kappa shape index (κ2) is 13.7. The molecule has 50 heavy (non-hydrogen) atoms. The molecule has 254 valence electrons. The Morgan fingerprint density at radius 3 is 1.18 bits per heavy atom. The van der Waals surface area contributed by atoms with Crippen LogP contribution in [-0.2, 0) is 20.2 Å². The second-order valence-corrected chi connectivity index (χ2v) is 15.3. The van der Waals surface area contributed by atoms with E-state index >= 15 is 0 Å². The van der Waals surface area contributed by atoms with Crippen LogP contribution in [0.25, 0.3) is 65.3 Å². The van der Waals surface area contributed by atoms with Crippen molar-refractivity contribution in [2.45, 2.75) is 12.8 Å². The summed E-state index contributed by atoms with van der Waals surface area (Å²) in [5, 5.41) is 8.35. The van der Waals surface area contributed by atoms with E-state index in [0.717, 1.165) is 65.3 Å². The molecule has 7 rings (SSSR count). The molecule has 0 unspecified atom stereocenters. The summed E-state index contributed by atoms with van der Waals surface area (Å²) in [6.45, 7) is -0.00248. The monoisotopic (exact) mass is 706 g/mol. The fourth-order valence-electron chi connectivity index (χ4n) is 6.62. The van der Waals surface area contributed by atoms with Crippen molar-refractivity contribution in [3.63, 3.8) is 0 Å². The number of benzene rings is 7. The molecular formula is C40H34O8S2. The molecule has 0 aliphatic rings. The van der Waals surface area contributed by atoms with Gasteiger partial charge in [-0.1, -0.05) is 97.1 Å². The van der Waals surface area contributed by atoms with Gasteiger partial charge in [-0.2, -0.15) is 16.8 Å². The minimum Gasteiger partial charge on any atom is -0.493 e. The predicted octanol–water partition coefficient (Wildman–Crippen LogP) is 8.95. The third-order valence-electron chi connectivity index (χ3n) is 8.81. The molecule has 0 amide bonds. The van der Waals surface area contributed by atoms with Crippen LogP contribution in [0.15, 0.2) is 121 Å². The van der Waals surface area contributed by atoms with E-state index in [-0.39, 0.29) is 26.1 Å². The van der Waals surface area contributed by atoms with E-state index in [1.54, 1.807) is 6.07 Å². The number of rotatable bonds is 12.